The van der Waals surface area contributed by atoms with E-state index in [1.165, 1.54) is 4.90 Å². The van der Waals surface area contributed by atoms with E-state index < -0.39 is 11.9 Å². The Balaban J connectivity index is -0.000000294. The van der Waals surface area contributed by atoms with Gasteiger partial charge in [-0.25, -0.2) is 0 Å². The van der Waals surface area contributed by atoms with E-state index in [4.69, 9.17) is 0 Å². The molecule has 0 aromatic rings. The van der Waals surface area contributed by atoms with Gasteiger partial charge in [0, 0.05) is 18.5 Å². The second-order valence-corrected chi connectivity index (χ2v) is 4.31. The van der Waals surface area contributed by atoms with Crippen LogP contribution in [0.1, 0.15) is 40.5 Å². The van der Waals surface area contributed by atoms with Crippen molar-refractivity contribution in [2.75, 3.05) is 6.54 Å². The van der Waals surface area contributed by atoms with Crippen LogP contribution in [0.2, 0.25) is 0 Å². The Bertz CT molecular complexity index is 499. The fraction of sp³-hybridized carbons (Fsp3) is 0.421. The zero-order chi connectivity index (χ0) is 17.3. The normalized spacial score (nSPS) is 19.8. The third-order valence-corrected chi connectivity index (χ3v) is 3.15. The number of piperidine rings is 1. The van der Waals surface area contributed by atoms with Crippen molar-refractivity contribution in [1.82, 2.24) is 10.2 Å². The zero-order valence-electron chi connectivity index (χ0n) is 16.9. The molecule has 2 fully saturated rings. The molecule has 25 heavy (non-hydrogen) atoms. The van der Waals surface area contributed by atoms with Gasteiger partial charge in [-0.1, -0.05) is 53.0 Å². The number of carbonyl (C=O) groups is 3. The molecule has 0 radical (unpaired) electrons. The molecular weight excluding hydrogens is 343 g/mol. The van der Waals surface area contributed by atoms with Crippen LogP contribution in [0.25, 0.3) is 0 Å². The van der Waals surface area contributed by atoms with Gasteiger partial charge in [-0.15, -0.1) is 0 Å². The van der Waals surface area contributed by atoms with Gasteiger partial charge < -0.3 is 19.8 Å². The zero-order valence-corrected chi connectivity index (χ0v) is 20.1. The van der Waals surface area contributed by atoms with Crippen molar-refractivity contribution in [3.63, 3.8) is 0 Å². The Morgan fingerprint density at radius 3 is 2.08 bits per heavy atom. The van der Waals surface area contributed by atoms with Crippen LogP contribution >= 0.6 is 0 Å². The van der Waals surface area contributed by atoms with Crippen molar-refractivity contribution in [2.45, 2.75) is 46.6 Å². The number of imide groups is 1. The first-order chi connectivity index (χ1) is 10.5. The number of hydrogen-bond donors (Lipinski definition) is 1. The average molecular weight is 376 g/mol. The third kappa shape index (κ3) is 8.60. The first kappa shape index (κ1) is 32.2. The van der Waals surface area contributed by atoms with Crippen LogP contribution in [-0.2, 0) is 14.4 Å². The minimum Gasteiger partial charge on any atom is -0.358 e. The fourth-order valence-corrected chi connectivity index (χ4v) is 2.19. The molecule has 1 atom stereocenters. The van der Waals surface area contributed by atoms with Crippen LogP contribution in [0.5, 0.6) is 0 Å². The van der Waals surface area contributed by atoms with Crippen molar-refractivity contribution in [1.29, 1.82) is 0 Å². The largest absolute Gasteiger partial charge is 1.00 e. The molecule has 5 nitrogen and oxygen atoms in total. The molecule has 3 amide bonds. The first-order valence-corrected chi connectivity index (χ1v) is 7.70. The summed E-state index contributed by atoms with van der Waals surface area (Å²) in [6.45, 7) is 15.6. The molecule has 0 aliphatic carbocycles. The van der Waals surface area contributed by atoms with Crippen molar-refractivity contribution >= 4 is 17.7 Å². The van der Waals surface area contributed by atoms with Crippen molar-refractivity contribution < 1.29 is 65.8 Å². The molecule has 0 spiro atoms. The van der Waals surface area contributed by atoms with Crippen LogP contribution in [0.3, 0.4) is 0 Å². The van der Waals surface area contributed by atoms with Crippen molar-refractivity contribution in [2.24, 2.45) is 0 Å². The maximum atomic E-state index is 12.0. The minimum absolute atomic E-state index is 0. The van der Waals surface area contributed by atoms with E-state index in [0.717, 1.165) is 5.57 Å². The standard InChI is InChI=1S/C13H14N2O3.2C2H6.2CH3.K/c1-3-4-9-7-15(13(18)8(9)2)10-5-6-11(16)14-12(10)17;2*1-2;;;/h3-4,10H,1-2,5-7H2,(H,14,16,17);2*1-2H3;2*1H3;/q;;;2*-1;+1/b9-4-;;;;;. The topological polar surface area (TPSA) is 66.5 Å². The summed E-state index contributed by atoms with van der Waals surface area (Å²) in [5.74, 6) is -0.951. The minimum atomic E-state index is -0.581. The number of nitrogens with one attached hydrogen (secondary N) is 1. The van der Waals surface area contributed by atoms with Gasteiger partial charge >= 0.3 is 51.4 Å². The molecule has 0 saturated carbocycles. The number of hydrogen-bond acceptors (Lipinski definition) is 3. The van der Waals surface area contributed by atoms with Crippen LogP contribution in [0, 0.1) is 14.9 Å². The average Bonchev–Trinajstić information content (AvgIpc) is 2.80. The molecule has 2 aliphatic heterocycles. The van der Waals surface area contributed by atoms with E-state index in [0.29, 0.717) is 18.5 Å². The summed E-state index contributed by atoms with van der Waals surface area (Å²) in [5.41, 5.74) is 1.15. The van der Waals surface area contributed by atoms with E-state index in [9.17, 15) is 14.4 Å². The summed E-state index contributed by atoms with van der Waals surface area (Å²) < 4.78 is 0. The smallest absolute Gasteiger partial charge is 0.358 e. The van der Waals surface area contributed by atoms with E-state index in [2.05, 4.69) is 18.5 Å². The molecule has 6 heteroatoms. The van der Waals surface area contributed by atoms with Crippen LogP contribution in [-0.4, -0.2) is 35.2 Å². The summed E-state index contributed by atoms with van der Waals surface area (Å²) in [5, 5.41) is 2.25. The summed E-state index contributed by atoms with van der Waals surface area (Å²) in [4.78, 5) is 36.2. The molecule has 138 valence electrons. The van der Waals surface area contributed by atoms with Gasteiger partial charge in [-0.3, -0.25) is 19.7 Å². The molecule has 1 unspecified atom stereocenters. The summed E-state index contributed by atoms with van der Waals surface area (Å²) >= 11 is 0. The van der Waals surface area contributed by atoms with E-state index in [-0.39, 0.29) is 84.5 Å². The third-order valence-electron chi connectivity index (χ3n) is 3.15. The predicted molar refractivity (Wildman–Crippen MR) is 101 cm³/mol. The summed E-state index contributed by atoms with van der Waals surface area (Å²) in [6, 6.07) is -0.581. The fourth-order valence-electron chi connectivity index (χ4n) is 2.19. The molecule has 2 saturated heterocycles. The predicted octanol–water partition coefficient (Wildman–Crippen LogP) is 0.259. The van der Waals surface area contributed by atoms with E-state index >= 15 is 0 Å². The van der Waals surface area contributed by atoms with Crippen LogP contribution in [0.15, 0.2) is 36.5 Å². The molecular formula is C19H32KN2O3-. The summed E-state index contributed by atoms with van der Waals surface area (Å²) in [6.07, 6.45) is 3.92. The van der Waals surface area contributed by atoms with E-state index in [1.807, 2.05) is 27.7 Å². The number of amides is 3. The first-order valence-electron chi connectivity index (χ1n) is 7.70. The molecule has 1 N–H and O–H groups in total. The Labute approximate surface area is 196 Å². The molecule has 0 bridgehead atoms. The Kier molecular flexibility index (Phi) is 21.8. The Morgan fingerprint density at radius 2 is 1.64 bits per heavy atom. The number of allylic oxidation sites excluding steroid dienone is 2. The monoisotopic (exact) mass is 375 g/mol. The van der Waals surface area contributed by atoms with Crippen molar-refractivity contribution in [3.05, 3.63) is 51.3 Å². The second kappa shape index (κ2) is 16.9. The summed E-state index contributed by atoms with van der Waals surface area (Å²) in [7, 11) is 0. The molecule has 0 aromatic heterocycles. The number of carbonyl (C=O) groups excluding carboxylic acids is 3. The van der Waals surface area contributed by atoms with Gasteiger partial charge in [-0.2, -0.15) is 0 Å². The van der Waals surface area contributed by atoms with Gasteiger partial charge in [0.05, 0.1) is 0 Å². The van der Waals surface area contributed by atoms with Gasteiger partial charge in [0.1, 0.15) is 6.04 Å². The molecule has 2 aliphatic rings. The molecule has 2 heterocycles. The van der Waals surface area contributed by atoms with E-state index in [1.54, 1.807) is 12.2 Å². The number of nitrogens with zero attached hydrogens (tertiary/aromatic N) is 1. The Hall–Kier alpha value is -0.534. The van der Waals surface area contributed by atoms with Crippen molar-refractivity contribution in [3.8, 4) is 0 Å². The van der Waals surface area contributed by atoms with Crippen LogP contribution in [0.4, 0.5) is 0 Å². The van der Waals surface area contributed by atoms with Gasteiger partial charge in [-0.05, 0) is 12.0 Å². The van der Waals surface area contributed by atoms with Gasteiger partial charge in [0.2, 0.25) is 11.8 Å². The maximum absolute atomic E-state index is 12.0. The number of likely N-dealkylation sites (tertiary alicyclic amines) is 1. The quantitative estimate of drug-likeness (QED) is 0.326. The van der Waals surface area contributed by atoms with Gasteiger partial charge in [0.15, 0.2) is 0 Å². The maximum Gasteiger partial charge on any atom is 1.00 e. The Morgan fingerprint density at radius 1 is 1.12 bits per heavy atom. The number of rotatable bonds is 2. The van der Waals surface area contributed by atoms with Gasteiger partial charge in [0.25, 0.3) is 5.91 Å². The SMILES string of the molecule is C=C/C=C1/CN(C2CCC(=O)NC2=O)C(=O)C1=C.CC.CC.[CH3-].[CH3-].[K+]. The van der Waals surface area contributed by atoms with Crippen LogP contribution < -0.4 is 56.7 Å². The second-order valence-electron chi connectivity index (χ2n) is 4.31. The molecule has 0 aromatic carbocycles. The molecule has 2 rings (SSSR count).